The molecule has 2 heterocycles. The third kappa shape index (κ3) is 2.65. The number of aliphatic carboxylic acids is 1. The van der Waals surface area contributed by atoms with Crippen LogP contribution in [0.4, 0.5) is 4.39 Å². The summed E-state index contributed by atoms with van der Waals surface area (Å²) in [6.45, 7) is 1.60. The minimum atomic E-state index is -1.07. The van der Waals surface area contributed by atoms with Gasteiger partial charge in [0, 0.05) is 11.1 Å². The zero-order chi connectivity index (χ0) is 17.6. The lowest BCUT2D eigenvalue weighted by molar-refractivity contribution is -0.136. The number of nitrogens with zero attached hydrogens (tertiary/aromatic N) is 1. The van der Waals surface area contributed by atoms with E-state index in [1.807, 2.05) is 0 Å². The molecule has 5 nitrogen and oxygen atoms in total. The van der Waals surface area contributed by atoms with E-state index in [0.29, 0.717) is 33.5 Å². The number of aromatic nitrogens is 1. The van der Waals surface area contributed by atoms with Crippen molar-refractivity contribution < 1.29 is 24.2 Å². The molecule has 0 spiro atoms. The predicted molar refractivity (Wildman–Crippen MR) is 88.7 cm³/mol. The van der Waals surface area contributed by atoms with E-state index in [1.54, 1.807) is 6.92 Å². The van der Waals surface area contributed by atoms with Crippen LogP contribution in [0.5, 0.6) is 5.75 Å². The topological polar surface area (TPSA) is 79.5 Å². The summed E-state index contributed by atoms with van der Waals surface area (Å²) in [6, 6.07) is 5.29. The number of fused-ring (bicyclic) bond motifs is 1. The molecule has 2 aromatic heterocycles. The van der Waals surface area contributed by atoms with Crippen molar-refractivity contribution in [2.24, 2.45) is 0 Å². The summed E-state index contributed by atoms with van der Waals surface area (Å²) >= 11 is 6.64. The van der Waals surface area contributed by atoms with Crippen molar-refractivity contribution in [2.75, 3.05) is 0 Å². The maximum atomic E-state index is 13.2. The van der Waals surface area contributed by atoms with E-state index in [1.165, 1.54) is 28.8 Å². The van der Waals surface area contributed by atoms with Gasteiger partial charge in [0.15, 0.2) is 5.13 Å². The Morgan fingerprint density at radius 1 is 1.33 bits per heavy atom. The van der Waals surface area contributed by atoms with E-state index in [-0.39, 0.29) is 22.1 Å². The molecule has 124 valence electrons. The largest absolute Gasteiger partial charge is 0.506 e. The number of thiophene rings is 1. The van der Waals surface area contributed by atoms with Gasteiger partial charge in [-0.05, 0) is 36.8 Å². The van der Waals surface area contributed by atoms with Crippen LogP contribution >= 0.6 is 22.9 Å². The summed E-state index contributed by atoms with van der Waals surface area (Å²) in [5.41, 5.74) is 1.17. The number of aromatic hydroxyl groups is 1. The number of hydrogen-bond donors (Lipinski definition) is 2. The fourth-order valence-electron chi connectivity index (χ4n) is 2.66. The summed E-state index contributed by atoms with van der Waals surface area (Å²) in [6.07, 6.45) is -0.317. The summed E-state index contributed by atoms with van der Waals surface area (Å²) in [5, 5.41) is 18.9. The molecule has 3 rings (SSSR count). The predicted octanol–water partition coefficient (Wildman–Crippen LogP) is 3.82. The summed E-state index contributed by atoms with van der Waals surface area (Å²) in [7, 11) is 0. The first kappa shape index (κ1) is 16.5. The number of benzene rings is 1. The minimum Gasteiger partial charge on any atom is -0.506 e. The third-order valence-corrected chi connectivity index (χ3v) is 4.88. The van der Waals surface area contributed by atoms with Crippen molar-refractivity contribution >= 4 is 45.7 Å². The Labute approximate surface area is 144 Å². The van der Waals surface area contributed by atoms with Crippen molar-refractivity contribution in [1.82, 2.24) is 4.57 Å². The van der Waals surface area contributed by atoms with Crippen LogP contribution in [-0.4, -0.2) is 26.7 Å². The van der Waals surface area contributed by atoms with E-state index in [2.05, 4.69) is 0 Å². The molecular weight excluding hydrogens is 357 g/mol. The van der Waals surface area contributed by atoms with Gasteiger partial charge >= 0.3 is 5.97 Å². The van der Waals surface area contributed by atoms with Crippen LogP contribution in [0.15, 0.2) is 24.3 Å². The first-order chi connectivity index (χ1) is 11.3. The fraction of sp³-hybridized carbons (Fsp3) is 0.125. The smallest absolute Gasteiger partial charge is 0.307 e. The van der Waals surface area contributed by atoms with Gasteiger partial charge in [-0.15, -0.1) is 11.3 Å². The molecule has 0 fully saturated rings. The second kappa shape index (κ2) is 5.92. The Kier molecular flexibility index (Phi) is 4.06. The van der Waals surface area contributed by atoms with E-state index >= 15 is 0 Å². The van der Waals surface area contributed by atoms with Crippen molar-refractivity contribution in [3.8, 4) is 5.75 Å². The van der Waals surface area contributed by atoms with Crippen LogP contribution in [0, 0.1) is 12.1 Å². The number of carbonyl (C=O) groups is 2. The lowest BCUT2D eigenvalue weighted by atomic mass is 10.1. The van der Waals surface area contributed by atoms with Gasteiger partial charge in [-0.1, -0.05) is 11.6 Å². The molecule has 0 aliphatic rings. The van der Waals surface area contributed by atoms with Crippen molar-refractivity contribution in [1.29, 1.82) is 0 Å². The van der Waals surface area contributed by atoms with E-state index in [9.17, 15) is 19.1 Å². The molecule has 3 aromatic rings. The number of rotatable bonds is 3. The van der Waals surface area contributed by atoms with Gasteiger partial charge in [0.05, 0.1) is 21.8 Å². The fourth-order valence-corrected chi connectivity index (χ4v) is 3.48. The second-order valence-corrected chi connectivity index (χ2v) is 6.64. The number of phenolic OH excluding ortho intramolecular Hbond substituents is 1. The SMILES string of the molecule is Cc1c(CC(=O)O)c2cc(O)c(Cl)cc2n1C(=O)c1ccc(F)s1. The van der Waals surface area contributed by atoms with Gasteiger partial charge in [0.25, 0.3) is 5.91 Å². The molecule has 0 aliphatic carbocycles. The standard InChI is InChI=1S/C16H11ClFNO4S/c1-7-8(5-15(21)22)9-4-12(20)10(17)6-11(9)19(7)16(23)13-2-3-14(18)24-13/h2-4,6,20H,5H2,1H3,(H,21,22). The number of hydrogen-bond acceptors (Lipinski definition) is 4. The molecule has 1 aromatic carbocycles. The average Bonchev–Trinajstić information content (AvgIpc) is 3.03. The van der Waals surface area contributed by atoms with Gasteiger partial charge in [-0.25, -0.2) is 0 Å². The zero-order valence-corrected chi connectivity index (χ0v) is 13.9. The molecule has 0 bridgehead atoms. The highest BCUT2D eigenvalue weighted by Crippen LogP contribution is 2.35. The van der Waals surface area contributed by atoms with Crippen LogP contribution in [0.25, 0.3) is 10.9 Å². The first-order valence-electron chi connectivity index (χ1n) is 6.83. The van der Waals surface area contributed by atoms with Gasteiger partial charge in [0.1, 0.15) is 5.75 Å². The average molecular weight is 368 g/mol. The second-order valence-electron chi connectivity index (χ2n) is 5.20. The molecule has 0 saturated carbocycles. The van der Waals surface area contributed by atoms with Crippen LogP contribution in [0.1, 0.15) is 20.9 Å². The lowest BCUT2D eigenvalue weighted by Crippen LogP contribution is -2.12. The summed E-state index contributed by atoms with van der Waals surface area (Å²) < 4.78 is 14.5. The molecule has 0 radical (unpaired) electrons. The Morgan fingerprint density at radius 3 is 2.62 bits per heavy atom. The molecule has 0 saturated heterocycles. The Bertz CT molecular complexity index is 992. The molecule has 24 heavy (non-hydrogen) atoms. The summed E-state index contributed by atoms with van der Waals surface area (Å²) in [4.78, 5) is 24.1. The monoisotopic (exact) mass is 367 g/mol. The van der Waals surface area contributed by atoms with E-state index in [4.69, 9.17) is 16.7 Å². The number of carbonyl (C=O) groups excluding carboxylic acids is 1. The zero-order valence-electron chi connectivity index (χ0n) is 12.3. The van der Waals surface area contributed by atoms with E-state index in [0.717, 1.165) is 0 Å². The van der Waals surface area contributed by atoms with Crippen LogP contribution in [-0.2, 0) is 11.2 Å². The normalized spacial score (nSPS) is 11.1. The third-order valence-electron chi connectivity index (χ3n) is 3.72. The number of carboxylic acid groups (broad SMARTS) is 1. The number of carboxylic acids is 1. The maximum absolute atomic E-state index is 13.2. The van der Waals surface area contributed by atoms with Gasteiger partial charge < -0.3 is 10.2 Å². The molecule has 0 amide bonds. The Hall–Kier alpha value is -2.38. The Morgan fingerprint density at radius 2 is 2.04 bits per heavy atom. The van der Waals surface area contributed by atoms with Crippen LogP contribution < -0.4 is 0 Å². The van der Waals surface area contributed by atoms with Gasteiger partial charge in [0.2, 0.25) is 0 Å². The van der Waals surface area contributed by atoms with Gasteiger partial charge in [-0.2, -0.15) is 4.39 Å². The molecule has 0 unspecified atom stereocenters. The first-order valence-corrected chi connectivity index (χ1v) is 8.03. The highest BCUT2D eigenvalue weighted by atomic mass is 35.5. The number of halogens is 2. The summed E-state index contributed by atoms with van der Waals surface area (Å²) in [5.74, 6) is -1.76. The van der Waals surface area contributed by atoms with Crippen molar-refractivity contribution in [3.05, 3.63) is 50.6 Å². The van der Waals surface area contributed by atoms with Crippen molar-refractivity contribution in [3.63, 3.8) is 0 Å². The molecule has 2 N–H and O–H groups in total. The molecule has 8 heteroatoms. The van der Waals surface area contributed by atoms with E-state index < -0.39 is 17.0 Å². The highest BCUT2D eigenvalue weighted by Gasteiger charge is 2.23. The lowest BCUT2D eigenvalue weighted by Gasteiger charge is -2.06. The van der Waals surface area contributed by atoms with Gasteiger partial charge in [-0.3, -0.25) is 14.2 Å². The number of phenols is 1. The molecular formula is C16H11ClFNO4S. The maximum Gasteiger partial charge on any atom is 0.307 e. The quantitative estimate of drug-likeness (QED) is 0.737. The highest BCUT2D eigenvalue weighted by molar-refractivity contribution is 7.12. The van der Waals surface area contributed by atoms with Crippen molar-refractivity contribution in [2.45, 2.75) is 13.3 Å². The molecule has 0 atom stereocenters. The molecule has 0 aliphatic heterocycles. The Balaban J connectivity index is 2.30. The van der Waals surface area contributed by atoms with Crippen LogP contribution in [0.3, 0.4) is 0 Å². The van der Waals surface area contributed by atoms with Crippen LogP contribution in [0.2, 0.25) is 5.02 Å². The minimum absolute atomic E-state index is 0.0354.